The van der Waals surface area contributed by atoms with E-state index in [1.807, 2.05) is 12.1 Å². The van der Waals surface area contributed by atoms with Gasteiger partial charge in [-0.05, 0) is 52.2 Å². The van der Waals surface area contributed by atoms with E-state index in [0.717, 1.165) is 25.1 Å². The van der Waals surface area contributed by atoms with E-state index in [1.54, 1.807) is 17.4 Å². The molecule has 0 spiro atoms. The molecule has 1 N–H and O–H groups in total. The van der Waals surface area contributed by atoms with Crippen molar-refractivity contribution in [3.8, 4) is 0 Å². The van der Waals surface area contributed by atoms with Gasteiger partial charge < -0.3 is 5.32 Å². The summed E-state index contributed by atoms with van der Waals surface area (Å²) in [6.45, 7) is 1.70. The van der Waals surface area contributed by atoms with Crippen LogP contribution in [0.15, 0.2) is 34.1 Å². The van der Waals surface area contributed by atoms with Crippen LogP contribution in [0.2, 0.25) is 10.0 Å². The molecule has 5 heteroatoms. The van der Waals surface area contributed by atoms with Crippen LogP contribution in [0.4, 0.5) is 0 Å². The zero-order valence-electron chi connectivity index (χ0n) is 9.55. The van der Waals surface area contributed by atoms with Crippen molar-refractivity contribution in [3.63, 3.8) is 0 Å². The van der Waals surface area contributed by atoms with Crippen LogP contribution < -0.4 is 5.32 Å². The summed E-state index contributed by atoms with van der Waals surface area (Å²) in [5.41, 5.74) is 1.08. The van der Waals surface area contributed by atoms with Gasteiger partial charge in [-0.25, -0.2) is 0 Å². The molecule has 0 aliphatic heterocycles. The second kappa shape index (κ2) is 6.92. The molecule has 96 valence electrons. The molecule has 0 saturated carbocycles. The van der Waals surface area contributed by atoms with Crippen molar-refractivity contribution >= 4 is 50.5 Å². The first-order valence-electron chi connectivity index (χ1n) is 5.54. The average molecular weight is 365 g/mol. The Morgan fingerprint density at radius 3 is 2.67 bits per heavy atom. The summed E-state index contributed by atoms with van der Waals surface area (Å²) >= 11 is 17.2. The van der Waals surface area contributed by atoms with Crippen LogP contribution in [0.1, 0.15) is 10.4 Å². The van der Waals surface area contributed by atoms with E-state index in [0.29, 0.717) is 10.0 Å². The largest absolute Gasteiger partial charge is 0.312 e. The molecule has 18 heavy (non-hydrogen) atoms. The minimum Gasteiger partial charge on any atom is -0.312 e. The third kappa shape index (κ3) is 4.25. The highest BCUT2D eigenvalue weighted by Crippen LogP contribution is 2.22. The molecule has 1 aromatic heterocycles. The monoisotopic (exact) mass is 363 g/mol. The summed E-state index contributed by atoms with van der Waals surface area (Å²) < 4.78 is 1.18. The molecule has 0 aliphatic rings. The van der Waals surface area contributed by atoms with Gasteiger partial charge in [0, 0.05) is 28.0 Å². The average Bonchev–Trinajstić information content (AvgIpc) is 2.73. The van der Waals surface area contributed by atoms with Crippen molar-refractivity contribution < 1.29 is 0 Å². The zero-order chi connectivity index (χ0) is 13.0. The third-order valence-corrected chi connectivity index (χ3v) is 4.78. The number of thiophene rings is 1. The highest BCUT2D eigenvalue weighted by molar-refractivity contribution is 9.11. The minimum atomic E-state index is 0.673. The van der Waals surface area contributed by atoms with Gasteiger partial charge in [0.15, 0.2) is 0 Å². The summed E-state index contributed by atoms with van der Waals surface area (Å²) in [6.07, 6.45) is 1.03. The Bertz CT molecular complexity index is 527. The number of hydrogen-bond donors (Lipinski definition) is 1. The van der Waals surface area contributed by atoms with Crippen LogP contribution in [0.5, 0.6) is 0 Å². The molecule has 2 rings (SSSR count). The molecule has 0 unspecified atom stereocenters. The van der Waals surface area contributed by atoms with E-state index in [-0.39, 0.29) is 0 Å². The van der Waals surface area contributed by atoms with Gasteiger partial charge in [0.1, 0.15) is 0 Å². The van der Waals surface area contributed by atoms with Gasteiger partial charge in [-0.15, -0.1) is 11.3 Å². The second-order valence-corrected chi connectivity index (χ2v) is 7.26. The van der Waals surface area contributed by atoms with Crippen LogP contribution >= 0.6 is 50.5 Å². The fourth-order valence-corrected chi connectivity index (χ4v) is 3.54. The van der Waals surface area contributed by atoms with E-state index >= 15 is 0 Å². The topological polar surface area (TPSA) is 12.0 Å². The highest BCUT2D eigenvalue weighted by Gasteiger charge is 2.01. The summed E-state index contributed by atoms with van der Waals surface area (Å²) in [7, 11) is 0. The molecule has 2 aromatic rings. The molecule has 0 saturated heterocycles. The molecule has 1 nitrogen and oxygen atoms in total. The van der Waals surface area contributed by atoms with Gasteiger partial charge in [-0.3, -0.25) is 0 Å². The van der Waals surface area contributed by atoms with E-state index in [1.165, 1.54) is 8.66 Å². The van der Waals surface area contributed by atoms with Gasteiger partial charge in [0.25, 0.3) is 0 Å². The number of rotatable bonds is 5. The first kappa shape index (κ1) is 14.4. The smallest absolute Gasteiger partial charge is 0.0701 e. The van der Waals surface area contributed by atoms with Crippen molar-refractivity contribution in [2.24, 2.45) is 0 Å². The molecular formula is C13H12BrCl2NS. The molecule has 0 fully saturated rings. The second-order valence-electron chi connectivity index (χ2n) is 3.87. The van der Waals surface area contributed by atoms with Crippen LogP contribution in [0.3, 0.4) is 0 Å². The molecule has 0 bridgehead atoms. The van der Waals surface area contributed by atoms with Crippen molar-refractivity contribution in [1.82, 2.24) is 5.32 Å². The first-order valence-corrected chi connectivity index (χ1v) is 7.90. The molecule has 0 atom stereocenters. The molecule has 0 amide bonds. The first-order chi connectivity index (χ1) is 8.65. The van der Waals surface area contributed by atoms with Crippen LogP contribution in [0.25, 0.3) is 0 Å². The van der Waals surface area contributed by atoms with E-state index in [9.17, 15) is 0 Å². The Balaban J connectivity index is 1.78. The Labute approximate surface area is 129 Å². The van der Waals surface area contributed by atoms with Crippen molar-refractivity contribution in [3.05, 3.63) is 54.6 Å². The maximum atomic E-state index is 6.10. The lowest BCUT2D eigenvalue weighted by molar-refractivity contribution is 0.691. The lowest BCUT2D eigenvalue weighted by Gasteiger charge is -2.06. The van der Waals surface area contributed by atoms with E-state index in [2.05, 4.69) is 33.4 Å². The number of halogens is 3. The summed E-state index contributed by atoms with van der Waals surface area (Å²) in [6, 6.07) is 9.82. The lowest BCUT2D eigenvalue weighted by atomic mass is 10.2. The fourth-order valence-electron chi connectivity index (χ4n) is 1.59. The third-order valence-electron chi connectivity index (χ3n) is 2.51. The maximum Gasteiger partial charge on any atom is 0.0701 e. The summed E-state index contributed by atoms with van der Waals surface area (Å²) in [5.74, 6) is 0. The Morgan fingerprint density at radius 2 is 2.00 bits per heavy atom. The molecule has 1 aromatic carbocycles. The fraction of sp³-hybridized carbons (Fsp3) is 0.231. The Kier molecular flexibility index (Phi) is 5.52. The van der Waals surface area contributed by atoms with Gasteiger partial charge in [0.05, 0.1) is 3.79 Å². The highest BCUT2D eigenvalue weighted by atomic mass is 79.9. The predicted octanol–water partition coefficient (Wildman–Crippen LogP) is 5.15. The van der Waals surface area contributed by atoms with Crippen molar-refractivity contribution in [2.45, 2.75) is 13.0 Å². The summed E-state index contributed by atoms with van der Waals surface area (Å²) in [4.78, 5) is 1.37. The molecular weight excluding hydrogens is 353 g/mol. The molecule has 0 radical (unpaired) electrons. The number of benzene rings is 1. The SMILES string of the molecule is Clc1ccc(CNCCc2ccc(Br)s2)c(Cl)c1. The Morgan fingerprint density at radius 1 is 1.17 bits per heavy atom. The van der Waals surface area contributed by atoms with E-state index in [4.69, 9.17) is 23.2 Å². The van der Waals surface area contributed by atoms with Crippen LogP contribution in [-0.2, 0) is 13.0 Å². The van der Waals surface area contributed by atoms with E-state index < -0.39 is 0 Å². The maximum absolute atomic E-state index is 6.10. The quantitative estimate of drug-likeness (QED) is 0.723. The van der Waals surface area contributed by atoms with Gasteiger partial charge >= 0.3 is 0 Å². The van der Waals surface area contributed by atoms with Crippen molar-refractivity contribution in [1.29, 1.82) is 0 Å². The van der Waals surface area contributed by atoms with Gasteiger partial charge in [-0.1, -0.05) is 29.3 Å². The Hall–Kier alpha value is -0.0600. The molecule has 1 heterocycles. The van der Waals surface area contributed by atoms with Gasteiger partial charge in [-0.2, -0.15) is 0 Å². The zero-order valence-corrected chi connectivity index (χ0v) is 13.5. The summed E-state index contributed by atoms with van der Waals surface area (Å²) in [5, 5.41) is 4.77. The van der Waals surface area contributed by atoms with Crippen LogP contribution in [0, 0.1) is 0 Å². The van der Waals surface area contributed by atoms with Crippen molar-refractivity contribution in [2.75, 3.05) is 6.54 Å². The van der Waals surface area contributed by atoms with Crippen LogP contribution in [-0.4, -0.2) is 6.54 Å². The predicted molar refractivity (Wildman–Crippen MR) is 83.9 cm³/mol. The van der Waals surface area contributed by atoms with Gasteiger partial charge in [0.2, 0.25) is 0 Å². The standard InChI is InChI=1S/C13H12BrCl2NS/c14-13-4-3-11(18-13)5-6-17-8-9-1-2-10(15)7-12(9)16/h1-4,7,17H,5-6,8H2. The minimum absolute atomic E-state index is 0.673. The molecule has 0 aliphatic carbocycles. The lowest BCUT2D eigenvalue weighted by Crippen LogP contribution is -2.16. The normalized spacial score (nSPS) is 10.8. The number of hydrogen-bond acceptors (Lipinski definition) is 2. The number of nitrogens with one attached hydrogen (secondary N) is 1.